The van der Waals surface area contributed by atoms with E-state index in [9.17, 15) is 15.0 Å². The summed E-state index contributed by atoms with van der Waals surface area (Å²) in [6.07, 6.45) is 0.999. The number of aliphatic hydroxyl groups excluding tert-OH is 1. The fourth-order valence-corrected chi connectivity index (χ4v) is 2.27. The summed E-state index contributed by atoms with van der Waals surface area (Å²) in [6.45, 7) is 5.61. The van der Waals surface area contributed by atoms with Gasteiger partial charge in [0.15, 0.2) is 0 Å². The number of carboxylic acids is 1. The highest BCUT2D eigenvalue weighted by atomic mass is 16.4. The zero-order chi connectivity index (χ0) is 14.6. The average Bonchev–Trinajstić information content (AvgIpc) is 2.31. The Kier molecular flexibility index (Phi) is 5.36. The van der Waals surface area contributed by atoms with Crippen molar-refractivity contribution in [1.82, 2.24) is 0 Å². The second-order valence-electron chi connectivity index (χ2n) is 5.05. The first kappa shape index (κ1) is 15.5. The van der Waals surface area contributed by atoms with Gasteiger partial charge in [-0.2, -0.15) is 0 Å². The van der Waals surface area contributed by atoms with E-state index in [0.29, 0.717) is 24.8 Å². The van der Waals surface area contributed by atoms with Gasteiger partial charge in [-0.1, -0.05) is 6.07 Å². The molecular weight excluding hydrogens is 244 g/mol. The summed E-state index contributed by atoms with van der Waals surface area (Å²) in [5.41, 5.74) is 3.21. The standard InChI is InChI=1S/C15H22O4/c1-9-8-10(2)14(15(19)11(9)3)12(16)6-4-5-7-13(17)18/h8,12,16,19H,4-7H2,1-3H3,(H,17,18). The molecule has 4 heteroatoms. The van der Waals surface area contributed by atoms with Crippen LogP contribution in [0.5, 0.6) is 5.75 Å². The fourth-order valence-electron chi connectivity index (χ4n) is 2.27. The number of aliphatic hydroxyl groups is 1. The number of aryl methyl sites for hydroxylation is 2. The van der Waals surface area contributed by atoms with E-state index >= 15 is 0 Å². The molecule has 3 N–H and O–H groups in total. The Balaban J connectivity index is 2.74. The molecule has 1 unspecified atom stereocenters. The minimum Gasteiger partial charge on any atom is -0.507 e. The van der Waals surface area contributed by atoms with Gasteiger partial charge in [0.2, 0.25) is 0 Å². The zero-order valence-corrected chi connectivity index (χ0v) is 11.7. The van der Waals surface area contributed by atoms with E-state index in [1.807, 2.05) is 26.8 Å². The molecule has 0 amide bonds. The highest BCUT2D eigenvalue weighted by Gasteiger charge is 2.18. The van der Waals surface area contributed by atoms with Crippen LogP contribution in [-0.2, 0) is 4.79 Å². The lowest BCUT2D eigenvalue weighted by Crippen LogP contribution is -2.03. The Morgan fingerprint density at radius 1 is 1.21 bits per heavy atom. The number of phenolic OH excluding ortho intramolecular Hbond substituents is 1. The third-order valence-corrected chi connectivity index (χ3v) is 3.51. The zero-order valence-electron chi connectivity index (χ0n) is 11.7. The van der Waals surface area contributed by atoms with Crippen molar-refractivity contribution in [1.29, 1.82) is 0 Å². The summed E-state index contributed by atoms with van der Waals surface area (Å²) in [5, 5.41) is 28.8. The summed E-state index contributed by atoms with van der Waals surface area (Å²) >= 11 is 0. The molecule has 0 aliphatic carbocycles. The summed E-state index contributed by atoms with van der Waals surface area (Å²) in [5.74, 6) is -0.664. The van der Waals surface area contributed by atoms with E-state index in [0.717, 1.165) is 16.7 Å². The molecule has 0 heterocycles. The summed E-state index contributed by atoms with van der Waals surface area (Å²) in [4.78, 5) is 10.4. The smallest absolute Gasteiger partial charge is 0.303 e. The van der Waals surface area contributed by atoms with Crippen molar-refractivity contribution in [3.8, 4) is 5.75 Å². The van der Waals surface area contributed by atoms with E-state index in [-0.39, 0.29) is 12.2 Å². The van der Waals surface area contributed by atoms with Gasteiger partial charge in [-0.05, 0) is 56.7 Å². The molecule has 1 atom stereocenters. The Morgan fingerprint density at radius 2 is 1.84 bits per heavy atom. The van der Waals surface area contributed by atoms with E-state index in [4.69, 9.17) is 5.11 Å². The number of aromatic hydroxyl groups is 1. The molecule has 1 aromatic carbocycles. The van der Waals surface area contributed by atoms with Crippen molar-refractivity contribution in [2.75, 3.05) is 0 Å². The minimum absolute atomic E-state index is 0.116. The highest BCUT2D eigenvalue weighted by molar-refractivity contribution is 5.66. The largest absolute Gasteiger partial charge is 0.507 e. The van der Waals surface area contributed by atoms with E-state index < -0.39 is 12.1 Å². The second-order valence-corrected chi connectivity index (χ2v) is 5.05. The number of hydrogen-bond acceptors (Lipinski definition) is 3. The van der Waals surface area contributed by atoms with Crippen LogP contribution in [0.3, 0.4) is 0 Å². The molecule has 1 rings (SSSR count). The Morgan fingerprint density at radius 3 is 2.42 bits per heavy atom. The first-order valence-electron chi connectivity index (χ1n) is 6.54. The van der Waals surface area contributed by atoms with Crippen molar-refractivity contribution in [2.24, 2.45) is 0 Å². The van der Waals surface area contributed by atoms with Gasteiger partial charge in [0, 0.05) is 12.0 Å². The van der Waals surface area contributed by atoms with Crippen LogP contribution in [0.15, 0.2) is 6.07 Å². The van der Waals surface area contributed by atoms with Crippen LogP contribution in [-0.4, -0.2) is 21.3 Å². The van der Waals surface area contributed by atoms with Crippen LogP contribution < -0.4 is 0 Å². The van der Waals surface area contributed by atoms with Crippen LogP contribution >= 0.6 is 0 Å². The quantitative estimate of drug-likeness (QED) is 0.692. The third kappa shape index (κ3) is 3.96. The molecular formula is C15H22O4. The maximum Gasteiger partial charge on any atom is 0.303 e. The van der Waals surface area contributed by atoms with E-state index in [1.54, 1.807) is 0 Å². The number of aliphatic carboxylic acids is 1. The second kappa shape index (κ2) is 6.57. The van der Waals surface area contributed by atoms with Gasteiger partial charge < -0.3 is 15.3 Å². The van der Waals surface area contributed by atoms with Gasteiger partial charge in [-0.15, -0.1) is 0 Å². The third-order valence-electron chi connectivity index (χ3n) is 3.51. The van der Waals surface area contributed by atoms with Crippen molar-refractivity contribution in [2.45, 2.75) is 52.6 Å². The molecule has 0 spiro atoms. The number of rotatable bonds is 6. The minimum atomic E-state index is -0.820. The lowest BCUT2D eigenvalue weighted by Gasteiger charge is -2.18. The molecule has 0 aromatic heterocycles. The van der Waals surface area contributed by atoms with Crippen LogP contribution in [0.2, 0.25) is 0 Å². The highest BCUT2D eigenvalue weighted by Crippen LogP contribution is 2.35. The number of benzene rings is 1. The SMILES string of the molecule is Cc1cc(C)c(C(O)CCCCC(=O)O)c(O)c1C. The number of carbonyl (C=O) groups is 1. The molecule has 1 aromatic rings. The predicted octanol–water partition coefficient (Wildman–Crippen LogP) is 3.00. The molecule has 0 saturated carbocycles. The summed E-state index contributed by atoms with van der Waals surface area (Å²) < 4.78 is 0. The lowest BCUT2D eigenvalue weighted by atomic mass is 9.93. The monoisotopic (exact) mass is 266 g/mol. The molecule has 0 bridgehead atoms. The first-order chi connectivity index (χ1) is 8.84. The first-order valence-corrected chi connectivity index (χ1v) is 6.54. The van der Waals surface area contributed by atoms with E-state index in [2.05, 4.69) is 0 Å². The molecule has 0 radical (unpaired) electrons. The van der Waals surface area contributed by atoms with Crippen molar-refractivity contribution < 1.29 is 20.1 Å². The van der Waals surface area contributed by atoms with Crippen LogP contribution in [0, 0.1) is 20.8 Å². The van der Waals surface area contributed by atoms with Gasteiger partial charge in [-0.25, -0.2) is 0 Å². The lowest BCUT2D eigenvalue weighted by molar-refractivity contribution is -0.137. The Bertz CT molecular complexity index is 466. The molecule has 0 fully saturated rings. The maximum absolute atomic E-state index is 10.4. The van der Waals surface area contributed by atoms with Gasteiger partial charge in [0.25, 0.3) is 0 Å². The summed E-state index contributed by atoms with van der Waals surface area (Å²) in [6, 6.07) is 1.95. The van der Waals surface area contributed by atoms with Crippen molar-refractivity contribution >= 4 is 5.97 Å². The Labute approximate surface area is 113 Å². The molecule has 19 heavy (non-hydrogen) atoms. The molecule has 0 aliphatic rings. The Hall–Kier alpha value is -1.55. The van der Waals surface area contributed by atoms with Crippen LogP contribution in [0.4, 0.5) is 0 Å². The van der Waals surface area contributed by atoms with Crippen molar-refractivity contribution in [3.05, 3.63) is 28.3 Å². The van der Waals surface area contributed by atoms with Gasteiger partial charge >= 0.3 is 5.97 Å². The molecule has 0 saturated heterocycles. The topological polar surface area (TPSA) is 77.8 Å². The maximum atomic E-state index is 10.4. The van der Waals surface area contributed by atoms with Gasteiger partial charge in [0.05, 0.1) is 6.10 Å². The number of unbranched alkanes of at least 4 members (excludes halogenated alkanes) is 1. The number of hydrogen-bond donors (Lipinski definition) is 3. The number of carboxylic acid groups (broad SMARTS) is 1. The fraction of sp³-hybridized carbons (Fsp3) is 0.533. The van der Waals surface area contributed by atoms with Crippen molar-refractivity contribution in [3.63, 3.8) is 0 Å². The molecule has 0 aliphatic heterocycles. The van der Waals surface area contributed by atoms with E-state index in [1.165, 1.54) is 0 Å². The van der Waals surface area contributed by atoms with Crippen LogP contribution in [0.25, 0.3) is 0 Å². The average molecular weight is 266 g/mol. The molecule has 4 nitrogen and oxygen atoms in total. The number of phenols is 1. The van der Waals surface area contributed by atoms with Gasteiger partial charge in [-0.3, -0.25) is 4.79 Å². The normalized spacial score (nSPS) is 12.4. The predicted molar refractivity (Wildman–Crippen MR) is 73.4 cm³/mol. The van der Waals surface area contributed by atoms with Gasteiger partial charge in [0.1, 0.15) is 5.75 Å². The molecule has 106 valence electrons. The van der Waals surface area contributed by atoms with Crippen LogP contribution in [0.1, 0.15) is 54.0 Å². The summed E-state index contributed by atoms with van der Waals surface area (Å²) in [7, 11) is 0.